The van der Waals surface area contributed by atoms with Crippen molar-refractivity contribution in [2.75, 3.05) is 11.9 Å². The fourth-order valence-electron chi connectivity index (χ4n) is 2.78. The summed E-state index contributed by atoms with van der Waals surface area (Å²) in [6.45, 7) is 3.62. The maximum absolute atomic E-state index is 12.0. The molecule has 0 spiro atoms. The monoisotopic (exact) mass is 415 g/mol. The molecule has 0 unspecified atom stereocenters. The summed E-state index contributed by atoms with van der Waals surface area (Å²) in [4.78, 5) is 31.8. The van der Waals surface area contributed by atoms with Gasteiger partial charge in [-0.05, 0) is 37.0 Å². The first-order valence-corrected chi connectivity index (χ1v) is 8.77. The van der Waals surface area contributed by atoms with Crippen molar-refractivity contribution in [3.63, 3.8) is 0 Å². The summed E-state index contributed by atoms with van der Waals surface area (Å²) < 4.78 is 0. The second kappa shape index (κ2) is 9.92. The van der Waals surface area contributed by atoms with Crippen LogP contribution in [0, 0.1) is 5.92 Å². The van der Waals surface area contributed by atoms with Crippen molar-refractivity contribution in [3.05, 3.63) is 24.0 Å². The third-order valence-electron chi connectivity index (χ3n) is 4.72. The third-order valence-corrected chi connectivity index (χ3v) is 4.72. The van der Waals surface area contributed by atoms with Gasteiger partial charge in [-0.1, -0.05) is 20.3 Å². The lowest BCUT2D eigenvalue weighted by molar-refractivity contribution is -0.125. The maximum Gasteiger partial charge on any atom is 0.243 e. The van der Waals surface area contributed by atoms with E-state index in [1.807, 2.05) is 32.0 Å². The predicted molar refractivity (Wildman–Crippen MR) is 112 cm³/mol. The summed E-state index contributed by atoms with van der Waals surface area (Å²) in [5.74, 6) is 0.975. The van der Waals surface area contributed by atoms with Gasteiger partial charge < -0.3 is 21.4 Å². The molecule has 1 saturated carbocycles. The fraction of sp³-hybridized carbons (Fsp3) is 0.500. The summed E-state index contributed by atoms with van der Waals surface area (Å²) in [6, 6.07) is 4.95. The first kappa shape index (κ1) is 23.2. The van der Waals surface area contributed by atoms with E-state index in [1.54, 1.807) is 0 Å². The van der Waals surface area contributed by atoms with E-state index in [4.69, 9.17) is 5.73 Å². The van der Waals surface area contributed by atoms with Crippen molar-refractivity contribution in [2.24, 2.45) is 11.7 Å². The number of carbonyl (C=O) groups excluding carboxylic acids is 2. The van der Waals surface area contributed by atoms with Crippen LogP contribution in [0.25, 0.3) is 11.0 Å². The Morgan fingerprint density at radius 2 is 2.00 bits per heavy atom. The summed E-state index contributed by atoms with van der Waals surface area (Å²) in [5.41, 5.74) is 8.23. The number of aromatic amines is 1. The van der Waals surface area contributed by atoms with Crippen LogP contribution in [0.4, 0.5) is 5.69 Å². The number of imidazole rings is 1. The van der Waals surface area contributed by atoms with Gasteiger partial charge in [-0.3, -0.25) is 9.59 Å². The Bertz CT molecular complexity index is 789. The Morgan fingerprint density at radius 1 is 1.30 bits per heavy atom. The smallest absolute Gasteiger partial charge is 0.243 e. The average Bonchev–Trinajstić information content (AvgIpc) is 2.92. The first-order valence-electron chi connectivity index (χ1n) is 8.77. The van der Waals surface area contributed by atoms with Crippen LogP contribution in [-0.4, -0.2) is 34.4 Å². The molecule has 0 aliphatic heterocycles. The number of nitrogens with two attached hydrogens (primary N) is 1. The molecule has 2 aromatic rings. The van der Waals surface area contributed by atoms with Crippen molar-refractivity contribution in [1.29, 1.82) is 0 Å². The van der Waals surface area contributed by atoms with Gasteiger partial charge in [0.05, 0.1) is 23.6 Å². The number of hydrogen-bond donors (Lipinski definition) is 4. The van der Waals surface area contributed by atoms with E-state index in [2.05, 4.69) is 20.6 Å². The van der Waals surface area contributed by atoms with Gasteiger partial charge in [-0.25, -0.2) is 4.98 Å². The number of H-pyrrole nitrogens is 1. The van der Waals surface area contributed by atoms with Gasteiger partial charge in [-0.15, -0.1) is 24.8 Å². The van der Waals surface area contributed by atoms with Crippen LogP contribution in [0.1, 0.15) is 44.9 Å². The van der Waals surface area contributed by atoms with E-state index in [9.17, 15) is 9.59 Å². The molecule has 27 heavy (non-hydrogen) atoms. The number of nitrogens with one attached hydrogen (secondary N) is 3. The molecule has 1 fully saturated rings. The van der Waals surface area contributed by atoms with Gasteiger partial charge in [0, 0.05) is 11.6 Å². The van der Waals surface area contributed by atoms with Crippen LogP contribution in [0.3, 0.4) is 0 Å². The first-order chi connectivity index (χ1) is 11.9. The summed E-state index contributed by atoms with van der Waals surface area (Å²) in [6.07, 6.45) is 3.62. The molecular weight excluding hydrogens is 389 g/mol. The van der Waals surface area contributed by atoms with Crippen molar-refractivity contribution in [2.45, 2.75) is 45.1 Å². The van der Waals surface area contributed by atoms with Crippen LogP contribution in [0.5, 0.6) is 0 Å². The molecular formula is C18H27Cl2N5O2. The lowest BCUT2D eigenvalue weighted by Gasteiger charge is -2.22. The van der Waals surface area contributed by atoms with Crippen LogP contribution < -0.4 is 16.4 Å². The van der Waals surface area contributed by atoms with Gasteiger partial charge >= 0.3 is 0 Å². The highest BCUT2D eigenvalue weighted by atomic mass is 35.5. The number of nitrogens with zero attached hydrogens (tertiary/aromatic N) is 1. The summed E-state index contributed by atoms with van der Waals surface area (Å²) in [7, 11) is 0. The van der Waals surface area contributed by atoms with Gasteiger partial charge in [0.2, 0.25) is 11.8 Å². The number of fused-ring (bicyclic) bond motifs is 1. The molecule has 0 bridgehead atoms. The summed E-state index contributed by atoms with van der Waals surface area (Å²) >= 11 is 0. The van der Waals surface area contributed by atoms with E-state index in [0.29, 0.717) is 11.6 Å². The van der Waals surface area contributed by atoms with Gasteiger partial charge in [0.25, 0.3) is 0 Å². The minimum atomic E-state index is -0.612. The molecule has 9 heteroatoms. The predicted octanol–water partition coefficient (Wildman–Crippen LogP) is 2.71. The molecule has 3 rings (SSSR count). The largest absolute Gasteiger partial charge is 0.346 e. The number of benzene rings is 1. The molecule has 150 valence electrons. The van der Waals surface area contributed by atoms with Crippen LogP contribution in [-0.2, 0) is 9.59 Å². The van der Waals surface area contributed by atoms with E-state index in [1.165, 1.54) is 19.3 Å². The molecule has 5 N–H and O–H groups in total. The van der Waals surface area contributed by atoms with Crippen LogP contribution in [0.2, 0.25) is 0 Å². The van der Waals surface area contributed by atoms with E-state index >= 15 is 0 Å². The molecule has 1 heterocycles. The van der Waals surface area contributed by atoms with E-state index in [-0.39, 0.29) is 49.1 Å². The highest BCUT2D eigenvalue weighted by Gasteiger charge is 2.22. The van der Waals surface area contributed by atoms with Crippen molar-refractivity contribution in [1.82, 2.24) is 15.3 Å². The lowest BCUT2D eigenvalue weighted by Crippen LogP contribution is -2.46. The SMILES string of the molecule is CC(C)[C@H](N)C(=O)NCC(=O)Nc1ccc2nc(C3CCC3)[nH]c2c1.Cl.Cl. The zero-order chi connectivity index (χ0) is 18.0. The molecule has 2 amide bonds. The number of amides is 2. The third kappa shape index (κ3) is 5.57. The van der Waals surface area contributed by atoms with Gasteiger partial charge in [-0.2, -0.15) is 0 Å². The lowest BCUT2D eigenvalue weighted by atomic mass is 9.85. The molecule has 1 atom stereocenters. The normalized spacial score (nSPS) is 14.7. The van der Waals surface area contributed by atoms with Gasteiger partial charge in [0.1, 0.15) is 5.82 Å². The number of carbonyl (C=O) groups is 2. The number of aromatic nitrogens is 2. The highest BCUT2D eigenvalue weighted by molar-refractivity contribution is 5.96. The Labute approximate surface area is 171 Å². The zero-order valence-electron chi connectivity index (χ0n) is 15.5. The minimum absolute atomic E-state index is 0. The fourth-order valence-corrected chi connectivity index (χ4v) is 2.78. The van der Waals surface area contributed by atoms with Gasteiger partial charge in [0.15, 0.2) is 0 Å². The second-order valence-corrected chi connectivity index (χ2v) is 7.02. The molecule has 1 aliphatic carbocycles. The molecule has 1 aliphatic rings. The summed E-state index contributed by atoms with van der Waals surface area (Å²) in [5, 5.41) is 5.34. The second-order valence-electron chi connectivity index (χ2n) is 7.02. The Balaban J connectivity index is 0.00000182. The van der Waals surface area contributed by atoms with E-state index in [0.717, 1.165) is 16.9 Å². The Morgan fingerprint density at radius 3 is 2.59 bits per heavy atom. The minimum Gasteiger partial charge on any atom is -0.346 e. The number of anilines is 1. The van der Waals surface area contributed by atoms with Crippen molar-refractivity contribution < 1.29 is 9.59 Å². The quantitative estimate of drug-likeness (QED) is 0.580. The number of rotatable bonds is 6. The molecule has 7 nitrogen and oxygen atoms in total. The van der Waals surface area contributed by atoms with Crippen LogP contribution >= 0.6 is 24.8 Å². The van der Waals surface area contributed by atoms with Crippen molar-refractivity contribution in [3.8, 4) is 0 Å². The molecule has 1 aromatic carbocycles. The average molecular weight is 416 g/mol. The Kier molecular flexibility index (Phi) is 8.53. The molecule has 0 radical (unpaired) electrons. The molecule has 1 aromatic heterocycles. The van der Waals surface area contributed by atoms with Crippen LogP contribution in [0.15, 0.2) is 18.2 Å². The topological polar surface area (TPSA) is 113 Å². The number of halogens is 2. The maximum atomic E-state index is 12.0. The highest BCUT2D eigenvalue weighted by Crippen LogP contribution is 2.35. The number of hydrogen-bond acceptors (Lipinski definition) is 4. The Hall–Kier alpha value is -1.83. The standard InChI is InChI=1S/C18H25N5O2.2ClH/c1-10(2)16(19)18(25)20-9-15(24)21-12-6-7-13-14(8-12)23-17(22-13)11-4-3-5-11;;/h6-8,10-11,16H,3-5,9,19H2,1-2H3,(H,20,25)(H,21,24)(H,22,23);2*1H/t16-;;/m0../s1. The molecule has 0 saturated heterocycles. The van der Waals surface area contributed by atoms with E-state index < -0.39 is 6.04 Å². The zero-order valence-corrected chi connectivity index (χ0v) is 17.1. The van der Waals surface area contributed by atoms with Crippen molar-refractivity contribution >= 4 is 53.3 Å².